The number of piperidine rings is 1. The monoisotopic (exact) mass is 241 g/mol. The van der Waals surface area contributed by atoms with Crippen LogP contribution >= 0.6 is 0 Å². The van der Waals surface area contributed by atoms with Gasteiger partial charge in [-0.2, -0.15) is 0 Å². The van der Waals surface area contributed by atoms with Gasteiger partial charge in [-0.15, -0.1) is 0 Å². The summed E-state index contributed by atoms with van der Waals surface area (Å²) in [6.07, 6.45) is 3.94. The summed E-state index contributed by atoms with van der Waals surface area (Å²) in [6, 6.07) is 0.405. The highest BCUT2D eigenvalue weighted by atomic mass is 16.2. The minimum absolute atomic E-state index is 0.0393. The Balaban J connectivity index is 2.13. The fraction of sp³-hybridized carbons (Fsp3) is 0.923. The van der Waals surface area contributed by atoms with Crippen molar-refractivity contribution in [1.82, 2.24) is 15.5 Å². The topological polar surface area (TPSA) is 44.4 Å². The Hall–Kier alpha value is -0.770. The molecule has 0 radical (unpaired) electrons. The molecule has 0 aliphatic carbocycles. The quantitative estimate of drug-likeness (QED) is 0.771. The highest BCUT2D eigenvalue weighted by Gasteiger charge is 2.16. The molecule has 4 heteroatoms. The zero-order chi connectivity index (χ0) is 12.7. The molecule has 1 unspecified atom stereocenters. The maximum atomic E-state index is 11.5. The molecule has 0 aromatic rings. The normalized spacial score (nSPS) is 19.1. The zero-order valence-corrected chi connectivity index (χ0v) is 11.5. The van der Waals surface area contributed by atoms with Crippen LogP contribution in [0.2, 0.25) is 0 Å². The molecule has 0 spiro atoms. The molecular weight excluding hydrogens is 214 g/mol. The summed E-state index contributed by atoms with van der Waals surface area (Å²) in [5, 5.41) is 5.82. The largest absolute Gasteiger partial charge is 0.338 e. The van der Waals surface area contributed by atoms with E-state index in [4.69, 9.17) is 0 Å². The third-order valence-electron chi connectivity index (χ3n) is 3.24. The molecule has 4 nitrogen and oxygen atoms in total. The van der Waals surface area contributed by atoms with E-state index in [1.807, 2.05) is 0 Å². The predicted molar refractivity (Wildman–Crippen MR) is 71.1 cm³/mol. The number of urea groups is 1. The van der Waals surface area contributed by atoms with Crippen LogP contribution in [0.25, 0.3) is 0 Å². The molecular formula is C13H27N3O. The number of nitrogens with zero attached hydrogens (tertiary/aromatic N) is 1. The summed E-state index contributed by atoms with van der Waals surface area (Å²) < 4.78 is 0. The van der Waals surface area contributed by atoms with E-state index < -0.39 is 0 Å². The van der Waals surface area contributed by atoms with E-state index in [1.54, 1.807) is 0 Å². The first-order valence-electron chi connectivity index (χ1n) is 6.85. The van der Waals surface area contributed by atoms with Gasteiger partial charge in [0, 0.05) is 19.1 Å². The van der Waals surface area contributed by atoms with Crippen molar-refractivity contribution in [1.29, 1.82) is 0 Å². The number of hydrogen-bond acceptors (Lipinski definition) is 2. The van der Waals surface area contributed by atoms with Crippen LogP contribution in [0.4, 0.5) is 4.79 Å². The van der Waals surface area contributed by atoms with Crippen molar-refractivity contribution in [3.8, 4) is 0 Å². The summed E-state index contributed by atoms with van der Waals surface area (Å²) in [5.74, 6) is 0.500. The van der Waals surface area contributed by atoms with Gasteiger partial charge in [0.1, 0.15) is 0 Å². The standard InChI is InChI=1S/C13H27N3O/c1-11(2)9-14-13(17)15-10-12(3)16-7-5-4-6-8-16/h11-12H,4-10H2,1-3H3,(H2,14,15,17). The molecule has 100 valence electrons. The number of carbonyl (C=O) groups is 1. The van der Waals surface area contributed by atoms with Gasteiger partial charge in [0.25, 0.3) is 0 Å². The first-order valence-corrected chi connectivity index (χ1v) is 6.85. The van der Waals surface area contributed by atoms with Gasteiger partial charge < -0.3 is 10.6 Å². The summed E-state index contributed by atoms with van der Waals surface area (Å²) in [4.78, 5) is 14.0. The second-order valence-corrected chi connectivity index (χ2v) is 5.43. The van der Waals surface area contributed by atoms with Crippen molar-refractivity contribution in [3.05, 3.63) is 0 Å². The molecule has 2 N–H and O–H groups in total. The van der Waals surface area contributed by atoms with Crippen molar-refractivity contribution in [2.75, 3.05) is 26.2 Å². The molecule has 0 aromatic carbocycles. The molecule has 1 aliphatic heterocycles. The first kappa shape index (κ1) is 14.3. The van der Waals surface area contributed by atoms with Crippen LogP contribution in [0.5, 0.6) is 0 Å². The molecule has 1 saturated heterocycles. The molecule has 0 aromatic heterocycles. The lowest BCUT2D eigenvalue weighted by Crippen LogP contribution is -2.47. The maximum absolute atomic E-state index is 11.5. The molecule has 1 atom stereocenters. The fourth-order valence-electron chi connectivity index (χ4n) is 2.09. The molecule has 0 bridgehead atoms. The van der Waals surface area contributed by atoms with Gasteiger partial charge in [-0.25, -0.2) is 4.79 Å². The molecule has 0 saturated carbocycles. The predicted octanol–water partition coefficient (Wildman–Crippen LogP) is 1.82. The van der Waals surface area contributed by atoms with Crippen molar-refractivity contribution in [3.63, 3.8) is 0 Å². The number of carbonyl (C=O) groups excluding carboxylic acids is 1. The highest BCUT2D eigenvalue weighted by molar-refractivity contribution is 5.73. The summed E-state index contributed by atoms with van der Waals surface area (Å²) in [6.45, 7) is 10.2. The van der Waals surface area contributed by atoms with Gasteiger partial charge in [0.15, 0.2) is 0 Å². The van der Waals surface area contributed by atoms with Crippen LogP contribution in [0.1, 0.15) is 40.0 Å². The van der Waals surface area contributed by atoms with Crippen molar-refractivity contribution in [2.45, 2.75) is 46.1 Å². The van der Waals surface area contributed by atoms with E-state index in [9.17, 15) is 4.79 Å². The van der Waals surface area contributed by atoms with E-state index in [1.165, 1.54) is 32.4 Å². The van der Waals surface area contributed by atoms with Gasteiger partial charge in [-0.1, -0.05) is 20.3 Å². The Kier molecular flexibility index (Phi) is 6.34. The van der Waals surface area contributed by atoms with Crippen LogP contribution in [0, 0.1) is 5.92 Å². The minimum Gasteiger partial charge on any atom is -0.338 e. The number of amides is 2. The Labute approximate surface area is 105 Å². The highest BCUT2D eigenvalue weighted by Crippen LogP contribution is 2.11. The van der Waals surface area contributed by atoms with Gasteiger partial charge in [0.2, 0.25) is 0 Å². The van der Waals surface area contributed by atoms with E-state index >= 15 is 0 Å². The molecule has 1 rings (SSSR count). The molecule has 17 heavy (non-hydrogen) atoms. The number of likely N-dealkylation sites (tertiary alicyclic amines) is 1. The van der Waals surface area contributed by atoms with Crippen LogP contribution in [-0.2, 0) is 0 Å². The van der Waals surface area contributed by atoms with Gasteiger partial charge in [-0.05, 0) is 38.8 Å². The van der Waals surface area contributed by atoms with Crippen molar-refractivity contribution < 1.29 is 4.79 Å². The van der Waals surface area contributed by atoms with E-state index in [-0.39, 0.29) is 6.03 Å². The average molecular weight is 241 g/mol. The van der Waals surface area contributed by atoms with Crippen molar-refractivity contribution in [2.24, 2.45) is 5.92 Å². The Morgan fingerprint density at radius 1 is 1.06 bits per heavy atom. The first-order chi connectivity index (χ1) is 8.09. The Morgan fingerprint density at radius 3 is 2.24 bits per heavy atom. The molecule has 1 aliphatic rings. The third kappa shape index (κ3) is 5.91. The third-order valence-corrected chi connectivity index (χ3v) is 3.24. The Bertz CT molecular complexity index is 225. The minimum atomic E-state index is -0.0393. The zero-order valence-electron chi connectivity index (χ0n) is 11.5. The number of hydrogen-bond donors (Lipinski definition) is 2. The van der Waals surface area contributed by atoms with Gasteiger partial charge >= 0.3 is 6.03 Å². The summed E-state index contributed by atoms with van der Waals surface area (Å²) in [5.41, 5.74) is 0. The SMILES string of the molecule is CC(C)CNC(=O)NCC(C)N1CCCCC1. The van der Waals surface area contributed by atoms with Crippen LogP contribution in [0.15, 0.2) is 0 Å². The Morgan fingerprint density at radius 2 is 1.65 bits per heavy atom. The summed E-state index contributed by atoms with van der Waals surface area (Å²) in [7, 11) is 0. The van der Waals surface area contributed by atoms with Crippen LogP contribution in [0.3, 0.4) is 0 Å². The second-order valence-electron chi connectivity index (χ2n) is 5.43. The van der Waals surface area contributed by atoms with Gasteiger partial charge in [0.05, 0.1) is 0 Å². The van der Waals surface area contributed by atoms with Crippen LogP contribution < -0.4 is 10.6 Å². The summed E-state index contributed by atoms with van der Waals surface area (Å²) >= 11 is 0. The average Bonchev–Trinajstić information content (AvgIpc) is 2.34. The number of nitrogens with one attached hydrogen (secondary N) is 2. The van der Waals surface area contributed by atoms with E-state index in [0.29, 0.717) is 12.0 Å². The lowest BCUT2D eigenvalue weighted by Gasteiger charge is -2.32. The van der Waals surface area contributed by atoms with Crippen LogP contribution in [-0.4, -0.2) is 43.2 Å². The molecule has 2 amide bonds. The maximum Gasteiger partial charge on any atom is 0.314 e. The lowest BCUT2D eigenvalue weighted by atomic mass is 10.1. The van der Waals surface area contributed by atoms with E-state index in [0.717, 1.165) is 13.1 Å². The van der Waals surface area contributed by atoms with Crippen molar-refractivity contribution >= 4 is 6.03 Å². The second kappa shape index (κ2) is 7.54. The fourth-order valence-corrected chi connectivity index (χ4v) is 2.09. The lowest BCUT2D eigenvalue weighted by molar-refractivity contribution is 0.170. The molecule has 1 fully saturated rings. The van der Waals surface area contributed by atoms with Gasteiger partial charge in [-0.3, -0.25) is 4.90 Å². The van der Waals surface area contributed by atoms with E-state index in [2.05, 4.69) is 36.3 Å². The smallest absolute Gasteiger partial charge is 0.314 e. The molecule has 1 heterocycles. The number of rotatable bonds is 5.